The monoisotopic (exact) mass is 285 g/mol. The lowest BCUT2D eigenvalue weighted by molar-refractivity contribution is 0.119. The fourth-order valence-corrected chi connectivity index (χ4v) is 2.22. The highest BCUT2D eigenvalue weighted by Crippen LogP contribution is 2.05. The summed E-state index contributed by atoms with van der Waals surface area (Å²) in [6, 6.07) is 0.496. The van der Waals surface area contributed by atoms with Crippen LogP contribution >= 0.6 is 0 Å². The molecular weight excluding hydrogens is 254 g/mol. The zero-order valence-corrected chi connectivity index (χ0v) is 13.5. The van der Waals surface area contributed by atoms with Crippen molar-refractivity contribution in [2.24, 2.45) is 4.99 Å². The molecule has 1 saturated heterocycles. The average Bonchev–Trinajstić information content (AvgIpc) is 2.44. The Morgan fingerprint density at radius 2 is 2.05 bits per heavy atom. The van der Waals surface area contributed by atoms with Gasteiger partial charge in [-0.3, -0.25) is 9.89 Å². The SMILES string of the molecule is CCNC(=NCC1CN(C)CCN1C)NCCOCC. The summed E-state index contributed by atoms with van der Waals surface area (Å²) in [5, 5.41) is 6.58. The highest BCUT2D eigenvalue weighted by molar-refractivity contribution is 5.79. The second kappa shape index (κ2) is 9.96. The molecule has 0 spiro atoms. The highest BCUT2D eigenvalue weighted by atomic mass is 16.5. The molecule has 1 rings (SSSR count). The number of hydrogen-bond donors (Lipinski definition) is 2. The summed E-state index contributed by atoms with van der Waals surface area (Å²) in [6.07, 6.45) is 0. The number of piperazine rings is 1. The molecule has 2 N–H and O–H groups in total. The third-order valence-corrected chi connectivity index (χ3v) is 3.53. The van der Waals surface area contributed by atoms with Crippen LogP contribution in [0.5, 0.6) is 0 Å². The number of nitrogens with one attached hydrogen (secondary N) is 2. The Morgan fingerprint density at radius 3 is 2.75 bits per heavy atom. The number of hydrogen-bond acceptors (Lipinski definition) is 4. The predicted octanol–water partition coefficient (Wildman–Crippen LogP) is -0.176. The van der Waals surface area contributed by atoms with Crippen LogP contribution in [0, 0.1) is 0 Å². The van der Waals surface area contributed by atoms with E-state index in [1.807, 2.05) is 6.92 Å². The lowest BCUT2D eigenvalue weighted by Gasteiger charge is -2.36. The van der Waals surface area contributed by atoms with Crippen LogP contribution in [-0.4, -0.2) is 88.4 Å². The highest BCUT2D eigenvalue weighted by Gasteiger charge is 2.21. The lowest BCUT2D eigenvalue weighted by Crippen LogP contribution is -2.51. The topological polar surface area (TPSA) is 52.1 Å². The Labute approximate surface area is 123 Å². The molecule has 6 nitrogen and oxygen atoms in total. The molecule has 0 radical (unpaired) electrons. The average molecular weight is 285 g/mol. The molecule has 0 bridgehead atoms. The Morgan fingerprint density at radius 1 is 1.25 bits per heavy atom. The van der Waals surface area contributed by atoms with E-state index >= 15 is 0 Å². The third kappa shape index (κ3) is 6.54. The van der Waals surface area contributed by atoms with Gasteiger partial charge in [0.05, 0.1) is 13.2 Å². The van der Waals surface area contributed by atoms with E-state index in [9.17, 15) is 0 Å². The van der Waals surface area contributed by atoms with Gasteiger partial charge in [0.1, 0.15) is 0 Å². The van der Waals surface area contributed by atoms with E-state index in [0.717, 1.165) is 51.8 Å². The molecule has 1 aliphatic rings. The quantitative estimate of drug-likeness (QED) is 0.386. The summed E-state index contributed by atoms with van der Waals surface area (Å²) in [5.74, 6) is 0.883. The van der Waals surface area contributed by atoms with Gasteiger partial charge in [-0.05, 0) is 27.9 Å². The van der Waals surface area contributed by atoms with Crippen molar-refractivity contribution in [2.75, 3.05) is 66.6 Å². The van der Waals surface area contributed by atoms with Crippen molar-refractivity contribution >= 4 is 5.96 Å². The Hall–Kier alpha value is -0.850. The minimum absolute atomic E-state index is 0.496. The molecule has 20 heavy (non-hydrogen) atoms. The molecule has 1 aliphatic heterocycles. The molecule has 0 aromatic rings. The summed E-state index contributed by atoms with van der Waals surface area (Å²) >= 11 is 0. The van der Waals surface area contributed by atoms with Crippen molar-refractivity contribution in [2.45, 2.75) is 19.9 Å². The van der Waals surface area contributed by atoms with E-state index in [2.05, 4.69) is 41.5 Å². The van der Waals surface area contributed by atoms with Crippen LogP contribution in [0.2, 0.25) is 0 Å². The number of rotatable bonds is 7. The van der Waals surface area contributed by atoms with Crippen molar-refractivity contribution in [1.82, 2.24) is 20.4 Å². The van der Waals surface area contributed by atoms with Crippen molar-refractivity contribution in [3.8, 4) is 0 Å². The molecule has 1 atom stereocenters. The van der Waals surface area contributed by atoms with Crippen LogP contribution in [0.4, 0.5) is 0 Å². The molecule has 1 heterocycles. The van der Waals surface area contributed by atoms with Gasteiger partial charge in [0, 0.05) is 45.4 Å². The van der Waals surface area contributed by atoms with Crippen molar-refractivity contribution in [3.05, 3.63) is 0 Å². The summed E-state index contributed by atoms with van der Waals surface area (Å²) in [6.45, 7) is 11.4. The number of guanidine groups is 1. The van der Waals surface area contributed by atoms with Crippen LogP contribution in [0.15, 0.2) is 4.99 Å². The molecule has 0 aliphatic carbocycles. The van der Waals surface area contributed by atoms with Gasteiger partial charge in [-0.25, -0.2) is 0 Å². The number of likely N-dealkylation sites (N-methyl/N-ethyl adjacent to an activating group) is 2. The Bertz CT molecular complexity index is 285. The smallest absolute Gasteiger partial charge is 0.191 e. The fourth-order valence-electron chi connectivity index (χ4n) is 2.22. The molecule has 0 saturated carbocycles. The molecule has 0 aromatic heterocycles. The van der Waals surface area contributed by atoms with E-state index in [4.69, 9.17) is 9.73 Å². The minimum Gasteiger partial charge on any atom is -0.380 e. The second-order valence-electron chi connectivity index (χ2n) is 5.24. The van der Waals surface area contributed by atoms with E-state index < -0.39 is 0 Å². The van der Waals surface area contributed by atoms with Gasteiger partial charge in [-0.2, -0.15) is 0 Å². The Balaban J connectivity index is 2.39. The van der Waals surface area contributed by atoms with Crippen molar-refractivity contribution in [1.29, 1.82) is 0 Å². The van der Waals surface area contributed by atoms with Crippen LogP contribution in [0.1, 0.15) is 13.8 Å². The Kier molecular flexibility index (Phi) is 8.57. The van der Waals surface area contributed by atoms with E-state index in [1.54, 1.807) is 0 Å². The minimum atomic E-state index is 0.496. The first kappa shape index (κ1) is 17.2. The number of nitrogens with zero attached hydrogens (tertiary/aromatic N) is 3. The van der Waals surface area contributed by atoms with Crippen LogP contribution < -0.4 is 10.6 Å². The molecule has 0 aromatic carbocycles. The van der Waals surface area contributed by atoms with E-state index in [-0.39, 0.29) is 0 Å². The summed E-state index contributed by atoms with van der Waals surface area (Å²) < 4.78 is 5.33. The number of aliphatic imine (C=N–C) groups is 1. The van der Waals surface area contributed by atoms with Crippen molar-refractivity contribution < 1.29 is 4.74 Å². The molecule has 6 heteroatoms. The van der Waals surface area contributed by atoms with Gasteiger partial charge in [0.25, 0.3) is 0 Å². The maximum Gasteiger partial charge on any atom is 0.191 e. The predicted molar refractivity (Wildman–Crippen MR) is 84.4 cm³/mol. The maximum atomic E-state index is 5.33. The van der Waals surface area contributed by atoms with Gasteiger partial charge in [-0.1, -0.05) is 0 Å². The molecule has 118 valence electrons. The van der Waals surface area contributed by atoms with Gasteiger partial charge < -0.3 is 20.3 Å². The fraction of sp³-hybridized carbons (Fsp3) is 0.929. The van der Waals surface area contributed by atoms with Gasteiger partial charge in [-0.15, -0.1) is 0 Å². The molecule has 1 unspecified atom stereocenters. The number of ether oxygens (including phenoxy) is 1. The molecular formula is C14H31N5O. The van der Waals surface area contributed by atoms with Gasteiger partial charge >= 0.3 is 0 Å². The zero-order chi connectivity index (χ0) is 14.8. The van der Waals surface area contributed by atoms with Crippen molar-refractivity contribution in [3.63, 3.8) is 0 Å². The maximum absolute atomic E-state index is 5.33. The second-order valence-corrected chi connectivity index (χ2v) is 5.24. The summed E-state index contributed by atoms with van der Waals surface area (Å²) in [7, 11) is 4.36. The first-order valence-corrected chi connectivity index (χ1v) is 7.66. The van der Waals surface area contributed by atoms with Crippen LogP contribution in [-0.2, 0) is 4.74 Å². The molecule has 1 fully saturated rings. The zero-order valence-electron chi connectivity index (χ0n) is 13.5. The molecule has 0 amide bonds. The van der Waals surface area contributed by atoms with E-state index in [0.29, 0.717) is 12.6 Å². The summed E-state index contributed by atoms with van der Waals surface area (Å²) in [4.78, 5) is 9.46. The van der Waals surface area contributed by atoms with E-state index in [1.165, 1.54) is 0 Å². The summed E-state index contributed by atoms with van der Waals surface area (Å²) in [5.41, 5.74) is 0. The first-order valence-electron chi connectivity index (χ1n) is 7.66. The van der Waals surface area contributed by atoms with Crippen LogP contribution in [0.3, 0.4) is 0 Å². The largest absolute Gasteiger partial charge is 0.380 e. The normalized spacial score (nSPS) is 22.0. The van der Waals surface area contributed by atoms with Crippen LogP contribution in [0.25, 0.3) is 0 Å². The van der Waals surface area contributed by atoms with Gasteiger partial charge in [0.2, 0.25) is 0 Å². The first-order chi connectivity index (χ1) is 9.67. The standard InChI is InChI=1S/C14H31N5O/c1-5-15-14(16-7-10-20-6-2)17-11-13-12-18(3)8-9-19(13)4/h13H,5-12H2,1-4H3,(H2,15,16,17). The third-order valence-electron chi connectivity index (χ3n) is 3.53. The lowest BCUT2D eigenvalue weighted by atomic mass is 10.2. The van der Waals surface area contributed by atoms with Gasteiger partial charge in [0.15, 0.2) is 5.96 Å².